The van der Waals surface area contributed by atoms with Crippen LogP contribution in [0.3, 0.4) is 0 Å². The largest absolute Gasteiger partial charge is 0.573 e. The number of hydrogen-bond donors (Lipinski definition) is 2. The van der Waals surface area contributed by atoms with Gasteiger partial charge in [0.05, 0.1) is 12.1 Å². The van der Waals surface area contributed by atoms with Gasteiger partial charge in [0.1, 0.15) is 5.75 Å². The Kier molecular flexibility index (Phi) is 5.97. The van der Waals surface area contributed by atoms with Gasteiger partial charge in [-0.05, 0) is 30.2 Å². The van der Waals surface area contributed by atoms with Crippen molar-refractivity contribution in [1.82, 2.24) is 25.3 Å². The first-order valence-electron chi connectivity index (χ1n) is 11.6. The van der Waals surface area contributed by atoms with E-state index in [1.165, 1.54) is 30.3 Å². The Balaban J connectivity index is 1.10. The number of nitrogens with zero attached hydrogens (tertiary/aromatic N) is 3. The van der Waals surface area contributed by atoms with E-state index in [-0.39, 0.29) is 47.6 Å². The second kappa shape index (κ2) is 8.97. The maximum atomic E-state index is 13.0. The van der Waals surface area contributed by atoms with Crippen molar-refractivity contribution in [3.05, 3.63) is 35.9 Å². The van der Waals surface area contributed by atoms with Crippen molar-refractivity contribution in [2.75, 3.05) is 39.3 Å². The Morgan fingerprint density at radius 1 is 0.914 bits per heavy atom. The summed E-state index contributed by atoms with van der Waals surface area (Å²) in [6, 6.07) is 5.10. The number of benzene rings is 1. The summed E-state index contributed by atoms with van der Waals surface area (Å²) in [6.07, 6.45) is -1.05. The maximum Gasteiger partial charge on any atom is 0.573 e. The number of carbonyl (C=O) groups is 3. The van der Waals surface area contributed by atoms with Crippen molar-refractivity contribution in [3.8, 4) is 5.75 Å². The lowest BCUT2D eigenvalue weighted by Gasteiger charge is -2.36. The summed E-state index contributed by atoms with van der Waals surface area (Å²) in [7, 11) is 0. The van der Waals surface area contributed by atoms with Gasteiger partial charge in [-0.15, -0.1) is 13.2 Å². The summed E-state index contributed by atoms with van der Waals surface area (Å²) in [4.78, 5) is 42.6. The fraction of sp³-hybridized carbons (Fsp3) is 0.522. The standard InChI is InChI=1S/C23H26F3N5O4/c24-23(25,26)35-17-4-1-14(2-5-17)3-6-20(32)30-9-15-11-31(12-16(15)10-30)22(34)29-8-7-18-19(13-29)28-21(33)27-18/h1-6,15-16,18-19H,7-13H2,(H2,27,28,33)/b6-3+/t15-,16-,18-,19-/m1/s1. The number of amides is 5. The number of likely N-dealkylation sites (tertiary alicyclic amines) is 3. The molecule has 2 N–H and O–H groups in total. The van der Waals surface area contributed by atoms with E-state index in [0.29, 0.717) is 44.8 Å². The van der Waals surface area contributed by atoms with Crippen molar-refractivity contribution in [2.45, 2.75) is 24.9 Å². The van der Waals surface area contributed by atoms with Crippen LogP contribution >= 0.6 is 0 Å². The van der Waals surface area contributed by atoms with Crippen LogP contribution in [-0.2, 0) is 4.79 Å². The molecule has 4 aliphatic rings. The smallest absolute Gasteiger partial charge is 0.406 e. The molecule has 5 amide bonds. The molecule has 35 heavy (non-hydrogen) atoms. The maximum absolute atomic E-state index is 13.0. The molecule has 0 radical (unpaired) electrons. The minimum Gasteiger partial charge on any atom is -0.406 e. The molecule has 12 heteroatoms. The van der Waals surface area contributed by atoms with Crippen molar-refractivity contribution in [2.24, 2.45) is 11.8 Å². The zero-order chi connectivity index (χ0) is 24.7. The second-order valence-corrected chi connectivity index (χ2v) is 9.47. The van der Waals surface area contributed by atoms with Crippen molar-refractivity contribution in [3.63, 3.8) is 0 Å². The average Bonchev–Trinajstić information content (AvgIpc) is 3.48. The number of rotatable bonds is 3. The third-order valence-electron chi connectivity index (χ3n) is 7.12. The van der Waals surface area contributed by atoms with Crippen LogP contribution in [0.5, 0.6) is 5.75 Å². The number of alkyl halides is 3. The Morgan fingerprint density at radius 2 is 1.54 bits per heavy atom. The number of ether oxygens (including phenoxy) is 1. The van der Waals surface area contributed by atoms with Crippen LogP contribution in [0.25, 0.3) is 6.08 Å². The summed E-state index contributed by atoms with van der Waals surface area (Å²) in [5.41, 5.74) is 0.585. The summed E-state index contributed by atoms with van der Waals surface area (Å²) in [6.45, 7) is 3.39. The first-order chi connectivity index (χ1) is 16.6. The van der Waals surface area contributed by atoms with Crippen molar-refractivity contribution < 1.29 is 32.3 Å². The summed E-state index contributed by atoms with van der Waals surface area (Å²) in [5.74, 6) is -0.0677. The average molecular weight is 493 g/mol. The highest BCUT2D eigenvalue weighted by Gasteiger charge is 2.45. The molecule has 4 atom stereocenters. The highest BCUT2D eigenvalue weighted by atomic mass is 19.4. The molecule has 0 saturated carbocycles. The molecule has 4 heterocycles. The van der Waals surface area contributed by atoms with Gasteiger partial charge >= 0.3 is 18.4 Å². The summed E-state index contributed by atoms with van der Waals surface area (Å²) >= 11 is 0. The predicted octanol–water partition coefficient (Wildman–Crippen LogP) is 1.86. The second-order valence-electron chi connectivity index (χ2n) is 9.47. The molecule has 5 rings (SSSR count). The zero-order valence-corrected chi connectivity index (χ0v) is 18.8. The van der Waals surface area contributed by atoms with Gasteiger partial charge in [0.15, 0.2) is 0 Å². The van der Waals surface area contributed by atoms with E-state index in [4.69, 9.17) is 0 Å². The van der Waals surface area contributed by atoms with Gasteiger partial charge in [0.2, 0.25) is 5.91 Å². The Bertz CT molecular complexity index is 1020. The quantitative estimate of drug-likeness (QED) is 0.629. The number of piperidine rings is 1. The molecule has 4 aliphatic heterocycles. The van der Waals surface area contributed by atoms with Crippen molar-refractivity contribution >= 4 is 24.0 Å². The SMILES string of the molecule is O=C1N[C@@H]2CCN(C(=O)N3C[C@H]4CN(C(=O)/C=C/c5ccc(OC(F)(F)F)cc5)C[C@@H]4C3)C[C@H]2N1. The molecule has 1 aromatic carbocycles. The fourth-order valence-electron chi connectivity index (χ4n) is 5.41. The molecular formula is C23H26F3N5O4. The topological polar surface area (TPSA) is 94.2 Å². The van der Waals surface area contributed by atoms with E-state index in [2.05, 4.69) is 15.4 Å². The molecule has 0 aliphatic carbocycles. The molecule has 0 aromatic heterocycles. The molecule has 4 fully saturated rings. The molecule has 4 saturated heterocycles. The Labute approximate surface area is 199 Å². The van der Waals surface area contributed by atoms with E-state index >= 15 is 0 Å². The highest BCUT2D eigenvalue weighted by Crippen LogP contribution is 2.32. The monoisotopic (exact) mass is 493 g/mol. The van der Waals surface area contributed by atoms with Crippen LogP contribution in [0.1, 0.15) is 12.0 Å². The summed E-state index contributed by atoms with van der Waals surface area (Å²) < 4.78 is 40.6. The number of hydrogen-bond acceptors (Lipinski definition) is 4. The lowest BCUT2D eigenvalue weighted by atomic mass is 10.0. The number of carbonyl (C=O) groups excluding carboxylic acids is 3. The first kappa shape index (κ1) is 23.3. The molecule has 0 spiro atoms. The molecule has 1 aromatic rings. The number of urea groups is 2. The summed E-state index contributed by atoms with van der Waals surface area (Å²) in [5, 5.41) is 5.73. The molecule has 0 unspecified atom stereocenters. The van der Waals surface area contributed by atoms with E-state index < -0.39 is 6.36 Å². The predicted molar refractivity (Wildman–Crippen MR) is 118 cm³/mol. The Morgan fingerprint density at radius 3 is 2.20 bits per heavy atom. The number of fused-ring (bicyclic) bond motifs is 2. The van der Waals surface area contributed by atoms with Crippen LogP contribution in [0, 0.1) is 11.8 Å². The minimum absolute atomic E-state index is 0.0188. The number of nitrogens with one attached hydrogen (secondary N) is 2. The van der Waals surface area contributed by atoms with Crippen LogP contribution in [-0.4, -0.2) is 90.4 Å². The van der Waals surface area contributed by atoms with Crippen LogP contribution in [0.4, 0.5) is 22.8 Å². The van der Waals surface area contributed by atoms with Crippen LogP contribution in [0.15, 0.2) is 30.3 Å². The van der Waals surface area contributed by atoms with Crippen LogP contribution < -0.4 is 15.4 Å². The van der Waals surface area contributed by atoms with Gasteiger partial charge in [0, 0.05) is 57.2 Å². The van der Waals surface area contributed by atoms with Gasteiger partial charge in [0.25, 0.3) is 0 Å². The zero-order valence-electron chi connectivity index (χ0n) is 18.8. The normalized spacial score (nSPS) is 28.1. The molecule has 9 nitrogen and oxygen atoms in total. The third-order valence-corrected chi connectivity index (χ3v) is 7.12. The van der Waals surface area contributed by atoms with E-state index in [0.717, 1.165) is 6.42 Å². The van der Waals surface area contributed by atoms with Gasteiger partial charge in [-0.25, -0.2) is 9.59 Å². The van der Waals surface area contributed by atoms with Gasteiger partial charge in [-0.2, -0.15) is 0 Å². The van der Waals surface area contributed by atoms with Crippen molar-refractivity contribution in [1.29, 1.82) is 0 Å². The minimum atomic E-state index is -4.75. The van der Waals surface area contributed by atoms with E-state index in [1.54, 1.807) is 15.9 Å². The van der Waals surface area contributed by atoms with Crippen LogP contribution in [0.2, 0.25) is 0 Å². The lowest BCUT2D eigenvalue weighted by molar-refractivity contribution is -0.274. The van der Waals surface area contributed by atoms with Gasteiger partial charge in [-0.1, -0.05) is 12.1 Å². The fourth-order valence-corrected chi connectivity index (χ4v) is 5.41. The molecule has 0 bridgehead atoms. The van der Waals surface area contributed by atoms with E-state index in [9.17, 15) is 27.6 Å². The van der Waals surface area contributed by atoms with E-state index in [1.807, 2.05) is 4.90 Å². The third kappa shape index (κ3) is 5.15. The Hall–Kier alpha value is -3.44. The lowest BCUT2D eigenvalue weighted by Crippen LogP contribution is -2.55. The highest BCUT2D eigenvalue weighted by molar-refractivity contribution is 5.92. The molecular weight excluding hydrogens is 467 g/mol. The van der Waals surface area contributed by atoms with Gasteiger partial charge in [-0.3, -0.25) is 4.79 Å². The first-order valence-corrected chi connectivity index (χ1v) is 11.6. The molecule has 188 valence electrons. The van der Waals surface area contributed by atoms with Gasteiger partial charge < -0.3 is 30.1 Å². The number of halogens is 3.